The summed E-state index contributed by atoms with van der Waals surface area (Å²) in [5.74, 6) is 3.21. The lowest BCUT2D eigenvalue weighted by molar-refractivity contribution is 0.307. The average molecular weight is 181 g/mol. The Labute approximate surface area is 82.3 Å². The maximum absolute atomic E-state index is 3.66. The molecular formula is C12H23N. The molecule has 0 saturated heterocycles. The number of nitrogens with one attached hydrogen (secondary N) is 1. The van der Waals surface area contributed by atoms with E-state index in [1.807, 2.05) is 0 Å². The van der Waals surface area contributed by atoms with E-state index in [0.29, 0.717) is 0 Å². The topological polar surface area (TPSA) is 12.0 Å². The van der Waals surface area contributed by atoms with Gasteiger partial charge < -0.3 is 5.32 Å². The Kier molecular flexibility index (Phi) is 2.92. The fraction of sp³-hybridized carbons (Fsp3) is 1.00. The van der Waals surface area contributed by atoms with Crippen molar-refractivity contribution in [3.8, 4) is 0 Å². The smallest absolute Gasteiger partial charge is 0.00362 e. The Hall–Kier alpha value is -0.0400. The van der Waals surface area contributed by atoms with Gasteiger partial charge in [-0.15, -0.1) is 0 Å². The highest BCUT2D eigenvalue weighted by Crippen LogP contribution is 2.47. The van der Waals surface area contributed by atoms with Crippen molar-refractivity contribution in [2.24, 2.45) is 17.8 Å². The third-order valence-corrected chi connectivity index (χ3v) is 4.23. The number of rotatable bonds is 4. The van der Waals surface area contributed by atoms with Gasteiger partial charge in [0.15, 0.2) is 0 Å². The van der Waals surface area contributed by atoms with E-state index in [1.54, 1.807) is 6.42 Å². The SMILES string of the molecule is CCC(C)NCC1CC2CCC1C2. The van der Waals surface area contributed by atoms with Crippen LogP contribution in [0.5, 0.6) is 0 Å². The molecule has 0 spiro atoms. The van der Waals surface area contributed by atoms with Gasteiger partial charge in [-0.2, -0.15) is 0 Å². The Balaban J connectivity index is 1.71. The normalized spacial score (nSPS) is 39.7. The van der Waals surface area contributed by atoms with Gasteiger partial charge in [0, 0.05) is 6.04 Å². The molecule has 2 aliphatic carbocycles. The second kappa shape index (κ2) is 4.00. The zero-order chi connectivity index (χ0) is 9.26. The molecule has 1 heteroatoms. The van der Waals surface area contributed by atoms with E-state index in [0.717, 1.165) is 23.8 Å². The molecule has 0 aliphatic heterocycles. The molecular weight excluding hydrogens is 158 g/mol. The molecule has 2 fully saturated rings. The maximum Gasteiger partial charge on any atom is 0.00362 e. The van der Waals surface area contributed by atoms with E-state index in [4.69, 9.17) is 0 Å². The van der Waals surface area contributed by atoms with E-state index in [9.17, 15) is 0 Å². The molecule has 0 amide bonds. The van der Waals surface area contributed by atoms with Crippen LogP contribution in [0.1, 0.15) is 46.0 Å². The van der Waals surface area contributed by atoms with Crippen molar-refractivity contribution < 1.29 is 0 Å². The van der Waals surface area contributed by atoms with Crippen LogP contribution in [-0.4, -0.2) is 12.6 Å². The molecule has 2 saturated carbocycles. The fourth-order valence-electron chi connectivity index (χ4n) is 3.12. The maximum atomic E-state index is 3.66. The second-order valence-corrected chi connectivity index (χ2v) is 5.15. The molecule has 0 aromatic heterocycles. The summed E-state index contributed by atoms with van der Waals surface area (Å²) in [5.41, 5.74) is 0. The minimum Gasteiger partial charge on any atom is -0.314 e. The molecule has 2 aliphatic rings. The van der Waals surface area contributed by atoms with Crippen LogP contribution in [0.2, 0.25) is 0 Å². The predicted molar refractivity (Wildman–Crippen MR) is 56.7 cm³/mol. The highest BCUT2D eigenvalue weighted by molar-refractivity contribution is 4.90. The van der Waals surface area contributed by atoms with Crippen molar-refractivity contribution in [3.05, 3.63) is 0 Å². The number of hydrogen-bond donors (Lipinski definition) is 1. The van der Waals surface area contributed by atoms with Gasteiger partial charge in [-0.05, 0) is 56.9 Å². The van der Waals surface area contributed by atoms with Gasteiger partial charge in [0.25, 0.3) is 0 Å². The third-order valence-electron chi connectivity index (χ3n) is 4.23. The molecule has 0 aromatic carbocycles. The molecule has 76 valence electrons. The van der Waals surface area contributed by atoms with Gasteiger partial charge in [0.05, 0.1) is 0 Å². The molecule has 1 N–H and O–H groups in total. The first-order valence-electron chi connectivity index (χ1n) is 6.03. The zero-order valence-electron chi connectivity index (χ0n) is 9.05. The quantitative estimate of drug-likeness (QED) is 0.703. The molecule has 4 atom stereocenters. The fourth-order valence-corrected chi connectivity index (χ4v) is 3.12. The molecule has 0 radical (unpaired) electrons. The molecule has 0 heterocycles. The Morgan fingerprint density at radius 2 is 2.15 bits per heavy atom. The van der Waals surface area contributed by atoms with Crippen LogP contribution < -0.4 is 5.32 Å². The average Bonchev–Trinajstić information content (AvgIpc) is 2.74. The van der Waals surface area contributed by atoms with Gasteiger partial charge in [0.2, 0.25) is 0 Å². The molecule has 2 bridgehead atoms. The Bertz CT molecular complexity index is 167. The summed E-state index contributed by atoms with van der Waals surface area (Å²) >= 11 is 0. The van der Waals surface area contributed by atoms with Crippen molar-refractivity contribution in [2.45, 2.75) is 52.0 Å². The van der Waals surface area contributed by atoms with E-state index in [1.165, 1.54) is 32.2 Å². The first kappa shape index (κ1) is 9.51. The van der Waals surface area contributed by atoms with Gasteiger partial charge in [-0.25, -0.2) is 0 Å². The summed E-state index contributed by atoms with van der Waals surface area (Å²) in [6.45, 7) is 5.85. The lowest BCUT2D eigenvalue weighted by Gasteiger charge is -2.23. The summed E-state index contributed by atoms with van der Waals surface area (Å²) in [5, 5.41) is 3.66. The second-order valence-electron chi connectivity index (χ2n) is 5.15. The summed E-state index contributed by atoms with van der Waals surface area (Å²) < 4.78 is 0. The third kappa shape index (κ3) is 2.07. The van der Waals surface area contributed by atoms with Gasteiger partial charge >= 0.3 is 0 Å². The number of hydrogen-bond acceptors (Lipinski definition) is 1. The predicted octanol–water partition coefficient (Wildman–Crippen LogP) is 2.81. The lowest BCUT2D eigenvalue weighted by Crippen LogP contribution is -2.32. The Morgan fingerprint density at radius 1 is 1.31 bits per heavy atom. The van der Waals surface area contributed by atoms with E-state index < -0.39 is 0 Å². The van der Waals surface area contributed by atoms with Gasteiger partial charge in [0.1, 0.15) is 0 Å². The van der Waals surface area contributed by atoms with Crippen LogP contribution in [-0.2, 0) is 0 Å². The standard InChI is InChI=1S/C12H23N/c1-3-9(2)13-8-12-7-10-4-5-11(12)6-10/h9-13H,3-8H2,1-2H3. The highest BCUT2D eigenvalue weighted by atomic mass is 14.9. The molecule has 1 nitrogen and oxygen atoms in total. The summed E-state index contributed by atoms with van der Waals surface area (Å²) in [7, 11) is 0. The largest absolute Gasteiger partial charge is 0.314 e. The summed E-state index contributed by atoms with van der Waals surface area (Å²) in [6, 6.07) is 0.721. The zero-order valence-corrected chi connectivity index (χ0v) is 9.05. The molecule has 0 aromatic rings. The van der Waals surface area contributed by atoms with Crippen LogP contribution in [0.4, 0.5) is 0 Å². The Morgan fingerprint density at radius 3 is 2.69 bits per heavy atom. The lowest BCUT2D eigenvalue weighted by atomic mass is 9.88. The van der Waals surface area contributed by atoms with Crippen molar-refractivity contribution >= 4 is 0 Å². The van der Waals surface area contributed by atoms with Crippen LogP contribution in [0.15, 0.2) is 0 Å². The van der Waals surface area contributed by atoms with Gasteiger partial charge in [-0.1, -0.05) is 13.3 Å². The van der Waals surface area contributed by atoms with E-state index in [-0.39, 0.29) is 0 Å². The highest BCUT2D eigenvalue weighted by Gasteiger charge is 2.38. The van der Waals surface area contributed by atoms with Crippen molar-refractivity contribution in [1.82, 2.24) is 5.32 Å². The molecule has 4 unspecified atom stereocenters. The van der Waals surface area contributed by atoms with Gasteiger partial charge in [-0.3, -0.25) is 0 Å². The minimum absolute atomic E-state index is 0.721. The van der Waals surface area contributed by atoms with Crippen molar-refractivity contribution in [2.75, 3.05) is 6.54 Å². The number of fused-ring (bicyclic) bond motifs is 2. The molecule has 13 heavy (non-hydrogen) atoms. The van der Waals surface area contributed by atoms with E-state index in [2.05, 4.69) is 19.2 Å². The van der Waals surface area contributed by atoms with Crippen molar-refractivity contribution in [3.63, 3.8) is 0 Å². The van der Waals surface area contributed by atoms with Crippen LogP contribution in [0.25, 0.3) is 0 Å². The van der Waals surface area contributed by atoms with Crippen LogP contribution in [0.3, 0.4) is 0 Å². The summed E-state index contributed by atoms with van der Waals surface area (Å²) in [6.07, 6.45) is 7.39. The first-order chi connectivity index (χ1) is 6.29. The van der Waals surface area contributed by atoms with Crippen LogP contribution in [0, 0.1) is 17.8 Å². The monoisotopic (exact) mass is 181 g/mol. The minimum atomic E-state index is 0.721. The van der Waals surface area contributed by atoms with Crippen LogP contribution >= 0.6 is 0 Å². The van der Waals surface area contributed by atoms with Crippen molar-refractivity contribution in [1.29, 1.82) is 0 Å². The summed E-state index contributed by atoms with van der Waals surface area (Å²) in [4.78, 5) is 0. The van der Waals surface area contributed by atoms with E-state index >= 15 is 0 Å². The first-order valence-corrected chi connectivity index (χ1v) is 6.03. The molecule has 2 rings (SSSR count).